The van der Waals surface area contributed by atoms with Crippen LogP contribution in [0.25, 0.3) is 0 Å². The minimum Gasteiger partial charge on any atom is -0.370 e. The van der Waals surface area contributed by atoms with Crippen molar-refractivity contribution >= 4 is 40.8 Å². The quantitative estimate of drug-likeness (QED) is 0.666. The Hall–Kier alpha value is -3.13. The van der Waals surface area contributed by atoms with Gasteiger partial charge in [0.1, 0.15) is 17.9 Å². The zero-order valence-electron chi connectivity index (χ0n) is 17.7. The Labute approximate surface area is 190 Å². The Bertz CT molecular complexity index is 1060. The molecule has 9 heteroatoms. The fourth-order valence-corrected chi connectivity index (χ4v) is 4.34. The first-order valence-corrected chi connectivity index (χ1v) is 10.9. The predicted octanol–water partition coefficient (Wildman–Crippen LogP) is 3.88. The van der Waals surface area contributed by atoms with Crippen LogP contribution in [0.5, 0.6) is 0 Å². The molecule has 2 saturated heterocycles. The molecule has 7 nitrogen and oxygen atoms in total. The van der Waals surface area contributed by atoms with Gasteiger partial charge in [0.05, 0.1) is 11.4 Å². The van der Waals surface area contributed by atoms with Gasteiger partial charge in [0, 0.05) is 18.1 Å². The standard InChI is InChI=1S/C23H24ClFN4O3/c1-23(15-5-8-17(25)9-6-15)21(31)29(22(32)27-23)14-20(30)26-18-13-16(24)7-10-19(18)28-11-3-2-4-12-28/h5-10,13H,2-4,11-12,14H2,1H3,(H,26,30)(H,27,32)/t23-/m0/s1. The number of nitrogens with zero attached hydrogens (tertiary/aromatic N) is 2. The highest BCUT2D eigenvalue weighted by Gasteiger charge is 2.49. The summed E-state index contributed by atoms with van der Waals surface area (Å²) in [5.41, 5.74) is 0.455. The third-order valence-electron chi connectivity index (χ3n) is 5.93. The van der Waals surface area contributed by atoms with Gasteiger partial charge in [-0.15, -0.1) is 0 Å². The number of anilines is 2. The van der Waals surface area contributed by atoms with Crippen molar-refractivity contribution in [2.45, 2.75) is 31.7 Å². The second-order valence-corrected chi connectivity index (χ2v) is 8.65. The molecule has 0 radical (unpaired) electrons. The van der Waals surface area contributed by atoms with Gasteiger partial charge in [-0.3, -0.25) is 14.5 Å². The summed E-state index contributed by atoms with van der Waals surface area (Å²) in [6, 6.07) is 9.93. The molecule has 0 aromatic heterocycles. The van der Waals surface area contributed by atoms with E-state index in [9.17, 15) is 18.8 Å². The summed E-state index contributed by atoms with van der Waals surface area (Å²) in [5.74, 6) is -1.54. The minimum absolute atomic E-state index is 0.433. The lowest BCUT2D eigenvalue weighted by Gasteiger charge is -2.30. The monoisotopic (exact) mass is 458 g/mol. The Morgan fingerprint density at radius 2 is 1.81 bits per heavy atom. The van der Waals surface area contributed by atoms with Crippen molar-refractivity contribution in [2.75, 3.05) is 29.9 Å². The summed E-state index contributed by atoms with van der Waals surface area (Å²) in [4.78, 5) is 41.4. The van der Waals surface area contributed by atoms with Crippen LogP contribution >= 0.6 is 11.6 Å². The number of benzene rings is 2. The van der Waals surface area contributed by atoms with E-state index in [1.807, 2.05) is 6.07 Å². The van der Waals surface area contributed by atoms with Crippen molar-refractivity contribution in [3.05, 3.63) is 58.9 Å². The number of nitrogens with one attached hydrogen (secondary N) is 2. The van der Waals surface area contributed by atoms with E-state index in [2.05, 4.69) is 15.5 Å². The van der Waals surface area contributed by atoms with Crippen molar-refractivity contribution < 1.29 is 18.8 Å². The molecule has 0 aliphatic carbocycles. The van der Waals surface area contributed by atoms with E-state index in [4.69, 9.17) is 11.6 Å². The number of hydrogen-bond donors (Lipinski definition) is 2. The van der Waals surface area contributed by atoms with Gasteiger partial charge in [0.2, 0.25) is 5.91 Å². The van der Waals surface area contributed by atoms with Gasteiger partial charge in [0.15, 0.2) is 0 Å². The van der Waals surface area contributed by atoms with E-state index in [0.29, 0.717) is 16.3 Å². The van der Waals surface area contributed by atoms with Crippen molar-refractivity contribution in [3.8, 4) is 0 Å². The number of urea groups is 1. The summed E-state index contributed by atoms with van der Waals surface area (Å²) in [6.07, 6.45) is 3.31. The minimum atomic E-state index is -1.37. The van der Waals surface area contributed by atoms with Gasteiger partial charge in [-0.05, 0) is 62.1 Å². The van der Waals surface area contributed by atoms with Crippen LogP contribution in [0.15, 0.2) is 42.5 Å². The summed E-state index contributed by atoms with van der Waals surface area (Å²) >= 11 is 6.15. The van der Waals surface area contributed by atoms with Crippen molar-refractivity contribution in [1.29, 1.82) is 0 Å². The molecule has 0 unspecified atom stereocenters. The number of halogens is 2. The van der Waals surface area contributed by atoms with Crippen LogP contribution in [0, 0.1) is 5.82 Å². The average Bonchev–Trinajstić information content (AvgIpc) is 2.98. The SMILES string of the molecule is C[C@@]1(c2ccc(F)cc2)NC(=O)N(CC(=O)Nc2cc(Cl)ccc2N2CCCCC2)C1=O. The van der Waals surface area contributed by atoms with Crippen LogP contribution in [0.1, 0.15) is 31.7 Å². The number of carbonyl (C=O) groups excluding carboxylic acids is 3. The maximum atomic E-state index is 13.3. The highest BCUT2D eigenvalue weighted by Crippen LogP contribution is 2.32. The normalized spacial score (nSPS) is 21.0. The van der Waals surface area contributed by atoms with Gasteiger partial charge in [-0.2, -0.15) is 0 Å². The Balaban J connectivity index is 1.50. The van der Waals surface area contributed by atoms with Crippen molar-refractivity contribution in [2.24, 2.45) is 0 Å². The molecule has 1 atom stereocenters. The molecule has 0 spiro atoms. The molecule has 2 fully saturated rings. The highest BCUT2D eigenvalue weighted by molar-refractivity contribution is 6.31. The lowest BCUT2D eigenvalue weighted by molar-refractivity contribution is -0.133. The van der Waals surface area contributed by atoms with E-state index in [1.54, 1.807) is 12.1 Å². The molecular formula is C23H24ClFN4O3. The number of hydrogen-bond acceptors (Lipinski definition) is 4. The zero-order valence-corrected chi connectivity index (χ0v) is 18.4. The zero-order chi connectivity index (χ0) is 22.9. The molecule has 2 aromatic rings. The van der Waals surface area contributed by atoms with Gasteiger partial charge in [-0.25, -0.2) is 9.18 Å². The van der Waals surface area contributed by atoms with Gasteiger partial charge in [0.25, 0.3) is 5.91 Å². The number of imide groups is 1. The molecule has 168 valence electrons. The molecule has 0 saturated carbocycles. The smallest absolute Gasteiger partial charge is 0.325 e. The molecule has 32 heavy (non-hydrogen) atoms. The van der Waals surface area contributed by atoms with Crippen molar-refractivity contribution in [1.82, 2.24) is 10.2 Å². The summed E-state index contributed by atoms with van der Waals surface area (Å²) in [6.45, 7) is 2.85. The van der Waals surface area contributed by atoms with E-state index in [-0.39, 0.29) is 0 Å². The topological polar surface area (TPSA) is 81.8 Å². The second kappa shape index (κ2) is 8.78. The number of carbonyl (C=O) groups is 3. The third kappa shape index (κ3) is 4.27. The first kappa shape index (κ1) is 22.1. The Morgan fingerprint density at radius 1 is 1.12 bits per heavy atom. The lowest BCUT2D eigenvalue weighted by atomic mass is 9.92. The fraction of sp³-hybridized carbons (Fsp3) is 0.348. The van der Waals surface area contributed by atoms with Crippen LogP contribution < -0.4 is 15.5 Å². The van der Waals surface area contributed by atoms with Gasteiger partial charge >= 0.3 is 6.03 Å². The van der Waals surface area contributed by atoms with Crippen LogP contribution in [-0.2, 0) is 15.1 Å². The molecule has 0 bridgehead atoms. The number of amides is 4. The van der Waals surface area contributed by atoms with E-state index >= 15 is 0 Å². The summed E-state index contributed by atoms with van der Waals surface area (Å²) in [7, 11) is 0. The van der Waals surface area contributed by atoms with Crippen LogP contribution in [0.2, 0.25) is 5.02 Å². The van der Waals surface area contributed by atoms with Gasteiger partial charge in [-0.1, -0.05) is 23.7 Å². The van der Waals surface area contributed by atoms with E-state index in [1.165, 1.54) is 37.6 Å². The summed E-state index contributed by atoms with van der Waals surface area (Å²) < 4.78 is 13.3. The average molecular weight is 459 g/mol. The highest BCUT2D eigenvalue weighted by atomic mass is 35.5. The maximum Gasteiger partial charge on any atom is 0.325 e. The van der Waals surface area contributed by atoms with Crippen LogP contribution in [0.3, 0.4) is 0 Å². The number of piperidine rings is 1. The molecule has 4 amide bonds. The molecule has 2 aliphatic heterocycles. The molecular weight excluding hydrogens is 435 g/mol. The third-order valence-corrected chi connectivity index (χ3v) is 6.16. The van der Waals surface area contributed by atoms with Crippen molar-refractivity contribution in [3.63, 3.8) is 0 Å². The Kier molecular flexibility index (Phi) is 6.06. The first-order valence-electron chi connectivity index (χ1n) is 10.5. The Morgan fingerprint density at radius 3 is 2.50 bits per heavy atom. The fourth-order valence-electron chi connectivity index (χ4n) is 4.17. The lowest BCUT2D eigenvalue weighted by Crippen LogP contribution is -2.42. The van der Waals surface area contributed by atoms with Gasteiger partial charge < -0.3 is 15.5 Å². The largest absolute Gasteiger partial charge is 0.370 e. The first-order chi connectivity index (χ1) is 15.3. The molecule has 2 heterocycles. The summed E-state index contributed by atoms with van der Waals surface area (Å²) in [5, 5.41) is 5.89. The molecule has 2 aliphatic rings. The van der Waals surface area contributed by atoms with Crippen LogP contribution in [0.4, 0.5) is 20.6 Å². The molecule has 4 rings (SSSR count). The number of rotatable bonds is 5. The van der Waals surface area contributed by atoms with E-state index in [0.717, 1.165) is 36.5 Å². The maximum absolute atomic E-state index is 13.3. The molecule has 2 N–H and O–H groups in total. The predicted molar refractivity (Wildman–Crippen MR) is 120 cm³/mol. The molecule has 2 aromatic carbocycles. The second-order valence-electron chi connectivity index (χ2n) is 8.21. The van der Waals surface area contributed by atoms with E-state index < -0.39 is 35.7 Å². The van der Waals surface area contributed by atoms with Crippen LogP contribution in [-0.4, -0.2) is 42.4 Å².